The molecule has 1 aromatic rings. The summed E-state index contributed by atoms with van der Waals surface area (Å²) < 4.78 is 0. The molecule has 0 aliphatic rings. The van der Waals surface area contributed by atoms with Crippen molar-refractivity contribution in [3.05, 3.63) is 30.3 Å². The van der Waals surface area contributed by atoms with Crippen LogP contribution >= 0.6 is 11.8 Å². The summed E-state index contributed by atoms with van der Waals surface area (Å²) in [6.07, 6.45) is 3.99. The number of hydrogen-bond acceptors (Lipinski definition) is 1. The van der Waals surface area contributed by atoms with Crippen molar-refractivity contribution in [2.24, 2.45) is 0 Å². The Morgan fingerprint density at radius 2 is 2.00 bits per heavy atom. The molecule has 0 amide bonds. The van der Waals surface area contributed by atoms with Crippen molar-refractivity contribution in [3.63, 3.8) is 0 Å². The van der Waals surface area contributed by atoms with Gasteiger partial charge >= 0.3 is 0 Å². The highest BCUT2D eigenvalue weighted by Crippen LogP contribution is 2.18. The van der Waals surface area contributed by atoms with Gasteiger partial charge < -0.3 is 0 Å². The average molecular weight is 179 g/mol. The van der Waals surface area contributed by atoms with Crippen molar-refractivity contribution in [1.82, 2.24) is 0 Å². The second-order valence-corrected chi connectivity index (χ2v) is 3.96. The van der Waals surface area contributed by atoms with Crippen molar-refractivity contribution in [2.45, 2.75) is 31.1 Å². The van der Waals surface area contributed by atoms with Crippen LogP contribution in [0.4, 0.5) is 0 Å². The quantitative estimate of drug-likeness (QED) is 0.490. The minimum atomic E-state index is 1.25. The largest absolute Gasteiger partial charge is 0.126 e. The highest BCUT2D eigenvalue weighted by Gasteiger charge is 1.91. The van der Waals surface area contributed by atoms with Crippen LogP contribution in [0.15, 0.2) is 29.2 Å². The zero-order valence-corrected chi connectivity index (χ0v) is 8.36. The van der Waals surface area contributed by atoms with Crippen LogP contribution in [-0.2, 0) is 0 Å². The maximum absolute atomic E-state index is 3.02. The van der Waals surface area contributed by atoms with E-state index in [0.717, 1.165) is 0 Å². The molecule has 0 N–H and O–H groups in total. The predicted molar refractivity (Wildman–Crippen MR) is 55.5 cm³/mol. The van der Waals surface area contributed by atoms with E-state index in [4.69, 9.17) is 0 Å². The highest BCUT2D eigenvalue weighted by atomic mass is 32.2. The minimum absolute atomic E-state index is 1.25. The van der Waals surface area contributed by atoms with Crippen LogP contribution in [0.2, 0.25) is 0 Å². The van der Waals surface area contributed by atoms with Gasteiger partial charge in [0.2, 0.25) is 0 Å². The molecule has 0 saturated heterocycles. The molecule has 0 fully saturated rings. The van der Waals surface area contributed by atoms with Crippen LogP contribution < -0.4 is 0 Å². The maximum Gasteiger partial charge on any atom is 0.00723 e. The zero-order chi connectivity index (χ0) is 8.65. The molecule has 1 radical (unpaired) electrons. The van der Waals surface area contributed by atoms with Crippen LogP contribution in [0.3, 0.4) is 0 Å². The molecule has 0 aromatic heterocycles. The van der Waals surface area contributed by atoms with Gasteiger partial charge in [0.25, 0.3) is 0 Å². The fourth-order valence-corrected chi connectivity index (χ4v) is 1.92. The number of rotatable bonds is 5. The highest BCUT2D eigenvalue weighted by molar-refractivity contribution is 7.99. The molecule has 1 heteroatoms. The van der Waals surface area contributed by atoms with Gasteiger partial charge in [-0.15, -0.1) is 11.8 Å². The Labute approximate surface area is 79.4 Å². The first-order valence-electron chi connectivity index (χ1n) is 4.52. The summed E-state index contributed by atoms with van der Waals surface area (Å²) >= 11 is 1.94. The third kappa shape index (κ3) is 3.82. The molecule has 1 aromatic carbocycles. The Morgan fingerprint density at radius 1 is 1.25 bits per heavy atom. The van der Waals surface area contributed by atoms with Crippen LogP contribution in [0, 0.1) is 6.07 Å². The normalized spacial score (nSPS) is 10.1. The van der Waals surface area contributed by atoms with Crippen LogP contribution in [-0.4, -0.2) is 5.75 Å². The first-order valence-corrected chi connectivity index (χ1v) is 5.51. The summed E-state index contributed by atoms with van der Waals surface area (Å²) in [4.78, 5) is 1.37. The van der Waals surface area contributed by atoms with E-state index in [0.29, 0.717) is 0 Å². The molecule has 0 heterocycles. The average Bonchev–Trinajstić information content (AvgIpc) is 2.14. The molecule has 0 aliphatic heterocycles. The predicted octanol–water partition coefficient (Wildman–Crippen LogP) is 3.77. The lowest BCUT2D eigenvalue weighted by atomic mass is 10.3. The molecule has 65 valence electrons. The fraction of sp³-hybridized carbons (Fsp3) is 0.455. The van der Waals surface area contributed by atoms with E-state index in [1.54, 1.807) is 0 Å². The molecular weight excluding hydrogens is 164 g/mol. The molecule has 0 aliphatic carbocycles. The monoisotopic (exact) mass is 179 g/mol. The standard InChI is InChI=1S/C11H15S/c1-2-3-7-10-12-11-8-5-4-6-9-11/h5-6,8-9H,2-3,7,10H2,1H3. The SMILES string of the molecule is CCCCCSc1cc[c]cc1. The Kier molecular flexibility index (Phi) is 4.93. The van der Waals surface area contributed by atoms with Gasteiger partial charge in [-0.2, -0.15) is 0 Å². The van der Waals surface area contributed by atoms with Gasteiger partial charge in [-0.3, -0.25) is 0 Å². The van der Waals surface area contributed by atoms with Gasteiger partial charge in [0.1, 0.15) is 0 Å². The zero-order valence-electron chi connectivity index (χ0n) is 7.55. The maximum atomic E-state index is 3.02. The molecule has 0 unspecified atom stereocenters. The number of hydrogen-bond donors (Lipinski definition) is 0. The molecule has 0 bridgehead atoms. The molecule has 1 rings (SSSR count). The van der Waals surface area contributed by atoms with Crippen molar-refractivity contribution in [1.29, 1.82) is 0 Å². The first-order chi connectivity index (χ1) is 5.93. The van der Waals surface area contributed by atoms with Gasteiger partial charge in [0.15, 0.2) is 0 Å². The molecule has 0 atom stereocenters. The third-order valence-corrected chi connectivity index (χ3v) is 2.80. The lowest BCUT2D eigenvalue weighted by Gasteiger charge is -1.99. The van der Waals surface area contributed by atoms with E-state index in [2.05, 4.69) is 25.1 Å². The summed E-state index contributed by atoms with van der Waals surface area (Å²) in [5.41, 5.74) is 0. The van der Waals surface area contributed by atoms with Crippen molar-refractivity contribution in [2.75, 3.05) is 5.75 Å². The number of thioether (sulfide) groups is 1. The van der Waals surface area contributed by atoms with Crippen molar-refractivity contribution < 1.29 is 0 Å². The molecule has 0 nitrogen and oxygen atoms in total. The summed E-state index contributed by atoms with van der Waals surface area (Å²) in [5, 5.41) is 0. The van der Waals surface area contributed by atoms with E-state index in [1.807, 2.05) is 23.9 Å². The number of unbranched alkanes of at least 4 members (excludes halogenated alkanes) is 2. The van der Waals surface area contributed by atoms with E-state index >= 15 is 0 Å². The van der Waals surface area contributed by atoms with Gasteiger partial charge in [0, 0.05) is 4.90 Å². The van der Waals surface area contributed by atoms with Crippen molar-refractivity contribution in [3.8, 4) is 0 Å². The summed E-state index contributed by atoms with van der Waals surface area (Å²) in [5.74, 6) is 1.25. The van der Waals surface area contributed by atoms with E-state index in [-0.39, 0.29) is 0 Å². The van der Waals surface area contributed by atoms with E-state index in [1.165, 1.54) is 29.9 Å². The van der Waals surface area contributed by atoms with Crippen molar-refractivity contribution >= 4 is 11.8 Å². The van der Waals surface area contributed by atoms with E-state index in [9.17, 15) is 0 Å². The number of benzene rings is 1. The topological polar surface area (TPSA) is 0 Å². The smallest absolute Gasteiger partial charge is 0.00723 e. The second kappa shape index (κ2) is 6.13. The van der Waals surface area contributed by atoms with Gasteiger partial charge in [-0.05, 0) is 30.4 Å². The fourth-order valence-electron chi connectivity index (χ4n) is 1.01. The Hall–Kier alpha value is -0.430. The Balaban J connectivity index is 2.16. The minimum Gasteiger partial charge on any atom is -0.126 e. The molecular formula is C11H15S. The first kappa shape index (κ1) is 9.66. The van der Waals surface area contributed by atoms with Gasteiger partial charge in [-0.25, -0.2) is 0 Å². The summed E-state index contributed by atoms with van der Waals surface area (Å²) in [7, 11) is 0. The second-order valence-electron chi connectivity index (χ2n) is 2.79. The Bertz CT molecular complexity index is 193. The van der Waals surface area contributed by atoms with Crippen LogP contribution in [0.1, 0.15) is 26.2 Å². The van der Waals surface area contributed by atoms with Crippen LogP contribution in [0.5, 0.6) is 0 Å². The molecule has 0 saturated carbocycles. The Morgan fingerprint density at radius 3 is 2.67 bits per heavy atom. The third-order valence-electron chi connectivity index (χ3n) is 1.70. The van der Waals surface area contributed by atoms with E-state index < -0.39 is 0 Å². The molecule has 0 spiro atoms. The van der Waals surface area contributed by atoms with Gasteiger partial charge in [0.05, 0.1) is 0 Å². The summed E-state index contributed by atoms with van der Waals surface area (Å²) in [6.45, 7) is 2.24. The lowest BCUT2D eigenvalue weighted by Crippen LogP contribution is -1.79. The van der Waals surface area contributed by atoms with Crippen LogP contribution in [0.25, 0.3) is 0 Å². The summed E-state index contributed by atoms with van der Waals surface area (Å²) in [6, 6.07) is 11.2. The lowest BCUT2D eigenvalue weighted by molar-refractivity contribution is 0.778. The van der Waals surface area contributed by atoms with Gasteiger partial charge in [-0.1, -0.05) is 31.9 Å². The molecule has 12 heavy (non-hydrogen) atoms.